The zero-order valence-electron chi connectivity index (χ0n) is 22.1. The van der Waals surface area contributed by atoms with Crippen LogP contribution in [-0.4, -0.2) is 36.5 Å². The van der Waals surface area contributed by atoms with Gasteiger partial charge in [-0.2, -0.15) is 0 Å². The summed E-state index contributed by atoms with van der Waals surface area (Å²) in [6.07, 6.45) is 7.96. The number of alkyl halides is 2. The summed E-state index contributed by atoms with van der Waals surface area (Å²) >= 11 is 0. The summed E-state index contributed by atoms with van der Waals surface area (Å²) in [6.45, 7) is 8.39. The zero-order chi connectivity index (χ0) is 27.7. The van der Waals surface area contributed by atoms with Crippen molar-refractivity contribution in [3.05, 3.63) is 76.6 Å². The number of carbonyl (C=O) groups excluding carboxylic acids is 1. The quantitative estimate of drug-likeness (QED) is 0.256. The second-order valence-electron chi connectivity index (χ2n) is 9.58. The molecule has 0 aliphatic carbocycles. The number of unbranched alkanes of at least 4 members (excludes halogenated alkanes) is 1. The molecule has 1 aliphatic heterocycles. The molecule has 201 valence electrons. The van der Waals surface area contributed by atoms with E-state index in [0.717, 1.165) is 25.0 Å². The lowest BCUT2D eigenvalue weighted by Crippen LogP contribution is -2.31. The number of hydrogen-bond donors (Lipinski definition) is 2. The molecule has 2 N–H and O–H groups in total. The van der Waals surface area contributed by atoms with Gasteiger partial charge in [0.25, 0.3) is 13.2 Å². The highest BCUT2D eigenvalue weighted by Gasteiger charge is 2.21. The van der Waals surface area contributed by atoms with Crippen molar-refractivity contribution in [2.75, 3.05) is 5.32 Å². The Labute approximate surface area is 225 Å². The summed E-state index contributed by atoms with van der Waals surface area (Å²) in [5.41, 5.74) is 2.16. The first-order valence-electron chi connectivity index (χ1n) is 12.8. The summed E-state index contributed by atoms with van der Waals surface area (Å²) in [5, 5.41) is 7.43. The highest BCUT2D eigenvalue weighted by molar-refractivity contribution is 7.45. The number of pyridine rings is 1. The number of anilines is 1. The van der Waals surface area contributed by atoms with Crippen LogP contribution in [0.15, 0.2) is 64.7 Å². The molecular formula is C28H34BF3N4OP. The maximum atomic E-state index is 14.8. The van der Waals surface area contributed by atoms with E-state index in [4.69, 9.17) is 4.99 Å². The Bertz CT molecular complexity index is 1190. The molecule has 5 nitrogen and oxygen atoms in total. The molecule has 0 saturated heterocycles. The summed E-state index contributed by atoms with van der Waals surface area (Å²) < 4.78 is 39.7. The van der Waals surface area contributed by atoms with Gasteiger partial charge in [0.15, 0.2) is 0 Å². The zero-order valence-corrected chi connectivity index (χ0v) is 23.1. The molecule has 0 bridgehead atoms. The number of aromatic nitrogens is 1. The third-order valence-corrected chi connectivity index (χ3v) is 7.26. The van der Waals surface area contributed by atoms with Gasteiger partial charge in [-0.15, -0.1) is 0 Å². The number of amides is 1. The number of aliphatic imine (C=N–C) groups is 1. The molecule has 0 saturated carbocycles. The maximum Gasteiger partial charge on any atom is 0.266 e. The lowest BCUT2D eigenvalue weighted by molar-refractivity contribution is 0.102. The van der Waals surface area contributed by atoms with E-state index in [1.807, 2.05) is 13.1 Å². The Balaban J connectivity index is 1.70. The van der Waals surface area contributed by atoms with Gasteiger partial charge < -0.3 is 5.32 Å². The molecule has 3 rings (SSSR count). The first kappa shape index (κ1) is 29.8. The highest BCUT2D eigenvalue weighted by Crippen LogP contribution is 2.39. The predicted octanol–water partition coefficient (Wildman–Crippen LogP) is 6.38. The minimum absolute atomic E-state index is 0.0329. The predicted molar refractivity (Wildman–Crippen MR) is 153 cm³/mol. The molecule has 1 amide bonds. The van der Waals surface area contributed by atoms with E-state index in [2.05, 4.69) is 48.5 Å². The molecule has 38 heavy (non-hydrogen) atoms. The molecule has 2 aromatic rings. The minimum Gasteiger partial charge on any atom is -0.322 e. The summed E-state index contributed by atoms with van der Waals surface area (Å²) in [6, 6.07) is 6.83. The lowest BCUT2D eigenvalue weighted by Gasteiger charge is -2.26. The van der Waals surface area contributed by atoms with E-state index < -0.39 is 12.2 Å². The molecule has 3 unspecified atom stereocenters. The van der Waals surface area contributed by atoms with Gasteiger partial charge in [-0.05, 0) is 61.3 Å². The third kappa shape index (κ3) is 8.92. The fourth-order valence-electron chi connectivity index (χ4n) is 3.83. The van der Waals surface area contributed by atoms with Crippen molar-refractivity contribution in [1.82, 2.24) is 10.3 Å². The van der Waals surface area contributed by atoms with Crippen LogP contribution in [0.3, 0.4) is 0 Å². The monoisotopic (exact) mass is 541 g/mol. The number of allylic oxidation sites excluding steroid dienone is 3. The Morgan fingerprint density at radius 2 is 1.97 bits per heavy atom. The van der Waals surface area contributed by atoms with Crippen LogP contribution in [0.25, 0.3) is 0 Å². The van der Waals surface area contributed by atoms with E-state index in [-0.39, 0.29) is 28.8 Å². The molecular weight excluding hydrogens is 507 g/mol. The molecule has 0 fully saturated rings. The van der Waals surface area contributed by atoms with Crippen LogP contribution in [-0.2, 0) is 0 Å². The number of nitrogens with one attached hydrogen (secondary N) is 2. The lowest BCUT2D eigenvalue weighted by atomic mass is 9.75. The van der Waals surface area contributed by atoms with Crippen molar-refractivity contribution in [3.8, 4) is 0 Å². The number of nitrogens with zero attached hydrogens (tertiary/aromatic N) is 2. The molecule has 1 aromatic carbocycles. The fraction of sp³-hybridized carbons (Fsp3) is 0.393. The summed E-state index contributed by atoms with van der Waals surface area (Å²) in [4.78, 5) is 21.2. The van der Waals surface area contributed by atoms with Gasteiger partial charge >= 0.3 is 0 Å². The van der Waals surface area contributed by atoms with Gasteiger partial charge in [0.05, 0.1) is 17.0 Å². The topological polar surface area (TPSA) is 66.4 Å². The molecule has 1 aliphatic rings. The Morgan fingerprint density at radius 1 is 1.18 bits per heavy atom. The van der Waals surface area contributed by atoms with Crippen molar-refractivity contribution in [2.24, 2.45) is 10.9 Å². The third-order valence-electron chi connectivity index (χ3n) is 5.86. The summed E-state index contributed by atoms with van der Waals surface area (Å²) in [5.74, 6) is -0.333. The van der Waals surface area contributed by atoms with Crippen LogP contribution >= 0.6 is 8.58 Å². The van der Waals surface area contributed by atoms with Gasteiger partial charge in [-0.3, -0.25) is 20.1 Å². The van der Waals surface area contributed by atoms with Crippen molar-refractivity contribution >= 4 is 39.3 Å². The Kier molecular flexibility index (Phi) is 11.3. The van der Waals surface area contributed by atoms with Crippen molar-refractivity contribution in [3.63, 3.8) is 0 Å². The molecule has 10 heteroatoms. The standard InChI is InChI=1S/C28H34BF3N4OP/c1-5-6-7-23-24(12-8-17(2)3)38-26(16-33-23)35-18(4)21-14-20(10-11-22(21)30)36-27(37)19-9-13-25(34-15-19)29-28(31)32/h7,9-18,26,28,35,38H,5-6,8H2,1-4H3,(H,36,37)/b23-7+,24-12-. The van der Waals surface area contributed by atoms with Crippen LogP contribution in [0.1, 0.15) is 68.9 Å². The smallest absolute Gasteiger partial charge is 0.266 e. The van der Waals surface area contributed by atoms with Crippen molar-refractivity contribution in [1.29, 1.82) is 0 Å². The largest absolute Gasteiger partial charge is 0.322 e. The molecule has 2 heterocycles. The summed E-state index contributed by atoms with van der Waals surface area (Å²) in [7, 11) is 1.16. The van der Waals surface area contributed by atoms with Crippen molar-refractivity contribution < 1.29 is 18.0 Å². The minimum atomic E-state index is -2.63. The number of rotatable bonds is 11. The van der Waals surface area contributed by atoms with Gasteiger partial charge in [-0.25, -0.2) is 13.2 Å². The van der Waals surface area contributed by atoms with E-state index in [9.17, 15) is 18.0 Å². The first-order valence-corrected chi connectivity index (χ1v) is 13.9. The second-order valence-corrected chi connectivity index (χ2v) is 11.0. The molecule has 1 aromatic heterocycles. The average molecular weight is 541 g/mol. The number of carbonyl (C=O) groups is 1. The Morgan fingerprint density at radius 3 is 2.63 bits per heavy atom. The number of hydrogen-bond acceptors (Lipinski definition) is 4. The van der Waals surface area contributed by atoms with E-state index in [0.29, 0.717) is 33.0 Å². The molecule has 1 radical (unpaired) electrons. The van der Waals surface area contributed by atoms with Gasteiger partial charge in [0.2, 0.25) is 6.32 Å². The number of halogens is 3. The van der Waals surface area contributed by atoms with E-state index in [1.165, 1.54) is 35.8 Å². The van der Waals surface area contributed by atoms with Crippen LogP contribution in [0, 0.1) is 11.7 Å². The number of benzene rings is 1. The molecule has 3 atom stereocenters. The van der Waals surface area contributed by atoms with E-state index >= 15 is 0 Å². The van der Waals surface area contributed by atoms with Crippen LogP contribution in [0.4, 0.5) is 18.9 Å². The normalized spacial score (nSPS) is 19.0. The molecule has 0 spiro atoms. The van der Waals surface area contributed by atoms with Gasteiger partial charge in [0.1, 0.15) is 5.82 Å². The maximum absolute atomic E-state index is 14.8. The SMILES string of the molecule is CCC/C=C1/N=CC(NC(C)c2cc(NC(=O)c3ccc([B]C(F)F)nc3)ccc2F)P/C1=C\CC(C)C. The highest BCUT2D eigenvalue weighted by atomic mass is 31.1. The van der Waals surface area contributed by atoms with E-state index in [1.54, 1.807) is 6.07 Å². The first-order chi connectivity index (χ1) is 18.2. The Hall–Kier alpha value is -2.77. The van der Waals surface area contributed by atoms with Crippen LogP contribution < -0.4 is 16.2 Å². The van der Waals surface area contributed by atoms with Crippen molar-refractivity contribution in [2.45, 2.75) is 65.1 Å². The van der Waals surface area contributed by atoms with Gasteiger partial charge in [-0.1, -0.05) is 47.9 Å². The average Bonchev–Trinajstić information content (AvgIpc) is 2.88. The second kappa shape index (κ2) is 14.4. The van der Waals surface area contributed by atoms with Crippen LogP contribution in [0.2, 0.25) is 0 Å². The van der Waals surface area contributed by atoms with Gasteiger partial charge in [0, 0.05) is 35.3 Å². The fourth-order valence-corrected chi connectivity index (χ4v) is 5.20. The van der Waals surface area contributed by atoms with Crippen LogP contribution in [0.5, 0.6) is 0 Å².